The van der Waals surface area contributed by atoms with E-state index in [-0.39, 0.29) is 28.3 Å². The standard InChI is InChI=1S/C21H24FN3O4S/c1-14-3-8-18(30(28,29)24-17-6-4-16(22)5-7-17)13-19(14)21(27)25-11-9-15(10-12-25)20(26)23-2/h3-8,13,15,24H,9-12H2,1-2H3,(H,23,26). The summed E-state index contributed by atoms with van der Waals surface area (Å²) in [5, 5.41) is 2.63. The first-order chi connectivity index (χ1) is 14.2. The van der Waals surface area contributed by atoms with Gasteiger partial charge in [0.15, 0.2) is 0 Å². The van der Waals surface area contributed by atoms with Crippen molar-refractivity contribution in [3.05, 3.63) is 59.4 Å². The topological polar surface area (TPSA) is 95.6 Å². The Kier molecular flexibility index (Phi) is 6.40. The maximum Gasteiger partial charge on any atom is 0.261 e. The van der Waals surface area contributed by atoms with Crippen molar-refractivity contribution in [3.8, 4) is 0 Å². The predicted octanol–water partition coefficient (Wildman–Crippen LogP) is 2.53. The molecule has 3 rings (SSSR count). The van der Waals surface area contributed by atoms with Gasteiger partial charge in [0.25, 0.3) is 15.9 Å². The Morgan fingerprint density at radius 3 is 2.30 bits per heavy atom. The summed E-state index contributed by atoms with van der Waals surface area (Å²) < 4.78 is 40.9. The second-order valence-corrected chi connectivity index (χ2v) is 8.95. The van der Waals surface area contributed by atoms with E-state index in [4.69, 9.17) is 0 Å². The quantitative estimate of drug-likeness (QED) is 0.758. The second kappa shape index (κ2) is 8.83. The number of anilines is 1. The summed E-state index contributed by atoms with van der Waals surface area (Å²) in [5.74, 6) is -0.881. The number of carbonyl (C=O) groups is 2. The molecule has 0 radical (unpaired) electrons. The summed E-state index contributed by atoms with van der Waals surface area (Å²) in [4.78, 5) is 26.4. The van der Waals surface area contributed by atoms with Crippen molar-refractivity contribution in [1.29, 1.82) is 0 Å². The van der Waals surface area contributed by atoms with Gasteiger partial charge in [-0.15, -0.1) is 0 Å². The molecule has 1 fully saturated rings. The largest absolute Gasteiger partial charge is 0.359 e. The molecule has 1 aliphatic heterocycles. The summed E-state index contributed by atoms with van der Waals surface area (Å²) in [5.41, 5.74) is 1.19. The van der Waals surface area contributed by atoms with Gasteiger partial charge in [0, 0.05) is 37.3 Å². The smallest absolute Gasteiger partial charge is 0.261 e. The zero-order valence-corrected chi connectivity index (χ0v) is 17.6. The van der Waals surface area contributed by atoms with Crippen molar-refractivity contribution in [2.24, 2.45) is 5.92 Å². The van der Waals surface area contributed by atoms with Crippen LogP contribution in [-0.2, 0) is 14.8 Å². The van der Waals surface area contributed by atoms with Gasteiger partial charge in [0.1, 0.15) is 5.82 Å². The summed E-state index contributed by atoms with van der Waals surface area (Å²) in [7, 11) is -2.36. The minimum absolute atomic E-state index is 0.0294. The highest BCUT2D eigenvalue weighted by Crippen LogP contribution is 2.23. The number of halogens is 1. The van der Waals surface area contributed by atoms with E-state index in [0.717, 1.165) is 12.1 Å². The van der Waals surface area contributed by atoms with Gasteiger partial charge >= 0.3 is 0 Å². The maximum absolute atomic E-state index is 13.1. The van der Waals surface area contributed by atoms with Gasteiger partial charge in [-0.05, 0) is 61.7 Å². The molecule has 0 spiro atoms. The molecule has 1 aliphatic rings. The lowest BCUT2D eigenvalue weighted by molar-refractivity contribution is -0.125. The van der Waals surface area contributed by atoms with E-state index in [1.54, 1.807) is 24.9 Å². The number of hydrogen-bond donors (Lipinski definition) is 2. The minimum Gasteiger partial charge on any atom is -0.359 e. The fraction of sp³-hybridized carbons (Fsp3) is 0.333. The molecular formula is C21H24FN3O4S. The third-order valence-electron chi connectivity index (χ3n) is 5.25. The van der Waals surface area contributed by atoms with Crippen molar-refractivity contribution in [2.45, 2.75) is 24.7 Å². The van der Waals surface area contributed by atoms with Crippen LogP contribution in [0.3, 0.4) is 0 Å². The van der Waals surface area contributed by atoms with Gasteiger partial charge in [-0.25, -0.2) is 12.8 Å². The van der Waals surface area contributed by atoms with Crippen LogP contribution in [0.25, 0.3) is 0 Å². The Morgan fingerprint density at radius 1 is 1.07 bits per heavy atom. The number of aryl methyl sites for hydroxylation is 1. The van der Waals surface area contributed by atoms with Crippen LogP contribution in [0.2, 0.25) is 0 Å². The third kappa shape index (κ3) is 4.79. The Bertz CT molecular complexity index is 1050. The number of nitrogens with zero attached hydrogens (tertiary/aromatic N) is 1. The average Bonchev–Trinajstić information content (AvgIpc) is 2.74. The lowest BCUT2D eigenvalue weighted by Crippen LogP contribution is -2.42. The van der Waals surface area contributed by atoms with Crippen molar-refractivity contribution < 1.29 is 22.4 Å². The number of rotatable bonds is 5. The summed E-state index contributed by atoms with van der Waals surface area (Å²) in [6.45, 7) is 2.61. The average molecular weight is 434 g/mol. The molecule has 2 N–H and O–H groups in total. The molecule has 7 nitrogen and oxygen atoms in total. The summed E-state index contributed by atoms with van der Waals surface area (Å²) >= 11 is 0. The number of hydrogen-bond acceptors (Lipinski definition) is 4. The van der Waals surface area contributed by atoms with Crippen LogP contribution in [0.15, 0.2) is 47.4 Å². The van der Waals surface area contributed by atoms with Crippen molar-refractivity contribution >= 4 is 27.5 Å². The molecule has 0 aliphatic carbocycles. The molecule has 0 bridgehead atoms. The first-order valence-electron chi connectivity index (χ1n) is 9.61. The number of sulfonamides is 1. The van der Waals surface area contributed by atoms with Gasteiger partial charge in [0.2, 0.25) is 5.91 Å². The zero-order chi connectivity index (χ0) is 21.9. The monoisotopic (exact) mass is 433 g/mol. The van der Waals surface area contributed by atoms with E-state index in [9.17, 15) is 22.4 Å². The molecule has 1 saturated heterocycles. The number of amides is 2. The van der Waals surface area contributed by atoms with Gasteiger partial charge in [-0.2, -0.15) is 0 Å². The van der Waals surface area contributed by atoms with Crippen LogP contribution in [0.4, 0.5) is 10.1 Å². The lowest BCUT2D eigenvalue weighted by Gasteiger charge is -2.31. The summed E-state index contributed by atoms with van der Waals surface area (Å²) in [6, 6.07) is 9.33. The van der Waals surface area contributed by atoms with Gasteiger partial charge in [-0.3, -0.25) is 14.3 Å². The van der Waals surface area contributed by atoms with Gasteiger partial charge in [0.05, 0.1) is 4.90 Å². The highest BCUT2D eigenvalue weighted by Gasteiger charge is 2.28. The van der Waals surface area contributed by atoms with E-state index < -0.39 is 15.8 Å². The van der Waals surface area contributed by atoms with Crippen molar-refractivity contribution in [1.82, 2.24) is 10.2 Å². The molecule has 1 heterocycles. The number of benzene rings is 2. The molecule has 0 atom stereocenters. The fourth-order valence-corrected chi connectivity index (χ4v) is 4.53. The highest BCUT2D eigenvalue weighted by atomic mass is 32.2. The SMILES string of the molecule is CNC(=O)C1CCN(C(=O)c2cc(S(=O)(=O)Nc3ccc(F)cc3)ccc2C)CC1. The van der Waals surface area contributed by atoms with Gasteiger partial charge < -0.3 is 10.2 Å². The molecule has 0 aromatic heterocycles. The van der Waals surface area contributed by atoms with Crippen molar-refractivity contribution in [2.75, 3.05) is 24.9 Å². The number of nitrogens with one attached hydrogen (secondary N) is 2. The molecule has 160 valence electrons. The number of likely N-dealkylation sites (tertiary alicyclic amines) is 1. The number of carbonyl (C=O) groups excluding carboxylic acids is 2. The molecule has 2 aromatic rings. The Morgan fingerprint density at radius 2 is 1.70 bits per heavy atom. The van der Waals surface area contributed by atoms with Crippen LogP contribution in [0.5, 0.6) is 0 Å². The van der Waals surface area contributed by atoms with Crippen LogP contribution < -0.4 is 10.0 Å². The predicted molar refractivity (Wildman–Crippen MR) is 111 cm³/mol. The highest BCUT2D eigenvalue weighted by molar-refractivity contribution is 7.92. The Hall–Kier alpha value is -2.94. The van der Waals surface area contributed by atoms with Crippen LogP contribution in [0, 0.1) is 18.7 Å². The van der Waals surface area contributed by atoms with Crippen molar-refractivity contribution in [3.63, 3.8) is 0 Å². The first-order valence-corrected chi connectivity index (χ1v) is 11.1. The van der Waals surface area contributed by atoms with Crippen LogP contribution in [0.1, 0.15) is 28.8 Å². The van der Waals surface area contributed by atoms with E-state index >= 15 is 0 Å². The maximum atomic E-state index is 13.1. The van der Waals surface area contributed by atoms with E-state index in [2.05, 4.69) is 10.0 Å². The molecule has 0 saturated carbocycles. The fourth-order valence-electron chi connectivity index (χ4n) is 3.45. The van der Waals surface area contributed by atoms with Crippen LogP contribution >= 0.6 is 0 Å². The first kappa shape index (κ1) is 21.8. The van der Waals surface area contributed by atoms with E-state index in [0.29, 0.717) is 37.1 Å². The van der Waals surface area contributed by atoms with E-state index in [1.807, 2.05) is 0 Å². The molecule has 0 unspecified atom stereocenters. The molecular weight excluding hydrogens is 409 g/mol. The Labute approximate surface area is 175 Å². The second-order valence-electron chi connectivity index (χ2n) is 7.27. The summed E-state index contributed by atoms with van der Waals surface area (Å²) in [6.07, 6.45) is 1.13. The lowest BCUT2D eigenvalue weighted by atomic mass is 9.95. The molecule has 30 heavy (non-hydrogen) atoms. The van der Waals surface area contributed by atoms with E-state index in [1.165, 1.54) is 24.3 Å². The number of piperidine rings is 1. The zero-order valence-electron chi connectivity index (χ0n) is 16.8. The Balaban J connectivity index is 1.78. The normalized spacial score (nSPS) is 15.0. The van der Waals surface area contributed by atoms with Gasteiger partial charge in [-0.1, -0.05) is 6.07 Å². The molecule has 2 aromatic carbocycles. The third-order valence-corrected chi connectivity index (χ3v) is 6.62. The molecule has 9 heteroatoms. The molecule has 2 amide bonds. The minimum atomic E-state index is -3.95. The van der Waals surface area contributed by atoms with Crippen LogP contribution in [-0.4, -0.2) is 45.3 Å².